The zero-order chi connectivity index (χ0) is 10.1. The number of hydrogen-bond acceptors (Lipinski definition) is 2. The molecule has 0 heterocycles. The minimum Gasteiger partial charge on any atom is -0.490 e. The van der Waals surface area contributed by atoms with E-state index in [-0.39, 0.29) is 0 Å². The van der Waals surface area contributed by atoms with E-state index >= 15 is 0 Å². The normalized spacial score (nSPS) is 15.9. The summed E-state index contributed by atoms with van der Waals surface area (Å²) in [6.45, 7) is 4.34. The van der Waals surface area contributed by atoms with E-state index in [9.17, 15) is 0 Å². The summed E-state index contributed by atoms with van der Waals surface area (Å²) in [5.41, 5.74) is 7.78. The first-order valence-corrected chi connectivity index (χ1v) is 5.23. The van der Waals surface area contributed by atoms with Gasteiger partial charge in [0.1, 0.15) is 5.75 Å². The molecule has 1 saturated carbocycles. The van der Waals surface area contributed by atoms with Crippen LogP contribution in [-0.2, 0) is 0 Å². The molecule has 2 N–H and O–H groups in total. The number of anilines is 1. The van der Waals surface area contributed by atoms with Crippen LogP contribution in [0.15, 0.2) is 18.2 Å². The van der Waals surface area contributed by atoms with Crippen molar-refractivity contribution in [3.8, 4) is 5.75 Å². The van der Waals surface area contributed by atoms with Crippen molar-refractivity contribution in [3.63, 3.8) is 0 Å². The zero-order valence-corrected chi connectivity index (χ0v) is 8.79. The summed E-state index contributed by atoms with van der Waals surface area (Å²) in [4.78, 5) is 0. The maximum atomic E-state index is 5.82. The maximum absolute atomic E-state index is 5.82. The number of nitrogen functional groups attached to an aromatic ring is 1. The summed E-state index contributed by atoms with van der Waals surface area (Å²) >= 11 is 0. The van der Waals surface area contributed by atoms with E-state index in [2.05, 4.69) is 19.9 Å². The summed E-state index contributed by atoms with van der Waals surface area (Å²) in [5.74, 6) is 1.46. The van der Waals surface area contributed by atoms with Crippen LogP contribution >= 0.6 is 0 Å². The van der Waals surface area contributed by atoms with Crippen LogP contribution in [0.4, 0.5) is 5.69 Å². The summed E-state index contributed by atoms with van der Waals surface area (Å²) in [6, 6.07) is 5.94. The fourth-order valence-electron chi connectivity index (χ4n) is 1.50. The lowest BCUT2D eigenvalue weighted by molar-refractivity contribution is 0.299. The van der Waals surface area contributed by atoms with Gasteiger partial charge in [0.25, 0.3) is 0 Å². The van der Waals surface area contributed by atoms with Gasteiger partial charge < -0.3 is 10.5 Å². The fourth-order valence-corrected chi connectivity index (χ4v) is 1.50. The Morgan fingerprint density at radius 2 is 2.07 bits per heavy atom. The van der Waals surface area contributed by atoms with Gasteiger partial charge >= 0.3 is 0 Å². The average molecular weight is 191 g/mol. The number of nitrogens with two attached hydrogens (primary N) is 1. The van der Waals surface area contributed by atoms with Crippen LogP contribution in [0.5, 0.6) is 5.75 Å². The van der Waals surface area contributed by atoms with Crippen LogP contribution < -0.4 is 10.5 Å². The summed E-state index contributed by atoms with van der Waals surface area (Å²) in [5, 5.41) is 0. The predicted octanol–water partition coefficient (Wildman–Crippen LogP) is 2.93. The fraction of sp³-hybridized carbons (Fsp3) is 0.500. The molecule has 76 valence electrons. The lowest BCUT2D eigenvalue weighted by atomic mass is 10.0. The molecule has 1 aromatic rings. The van der Waals surface area contributed by atoms with Crippen molar-refractivity contribution in [1.29, 1.82) is 0 Å². The Labute approximate surface area is 85.1 Å². The molecule has 2 nitrogen and oxygen atoms in total. The highest BCUT2D eigenvalue weighted by Gasteiger charge is 2.24. The van der Waals surface area contributed by atoms with Gasteiger partial charge in [0.2, 0.25) is 0 Å². The topological polar surface area (TPSA) is 35.2 Å². The monoisotopic (exact) mass is 191 g/mol. The zero-order valence-electron chi connectivity index (χ0n) is 8.79. The van der Waals surface area contributed by atoms with Gasteiger partial charge in [0.15, 0.2) is 0 Å². The minimum absolute atomic E-state index is 0.439. The van der Waals surface area contributed by atoms with Crippen molar-refractivity contribution in [1.82, 2.24) is 0 Å². The SMILES string of the molecule is CC(C)c1ccc(N)cc1OC1CC1. The Morgan fingerprint density at radius 1 is 1.36 bits per heavy atom. The first-order valence-electron chi connectivity index (χ1n) is 5.23. The van der Waals surface area contributed by atoms with Gasteiger partial charge in [-0.25, -0.2) is 0 Å². The van der Waals surface area contributed by atoms with E-state index in [1.807, 2.05) is 12.1 Å². The first-order chi connectivity index (χ1) is 6.66. The van der Waals surface area contributed by atoms with Gasteiger partial charge in [-0.05, 0) is 30.4 Å². The second-order valence-electron chi connectivity index (χ2n) is 4.27. The van der Waals surface area contributed by atoms with Gasteiger partial charge in [0.05, 0.1) is 6.10 Å². The highest BCUT2D eigenvalue weighted by Crippen LogP contribution is 2.33. The Hall–Kier alpha value is -1.18. The van der Waals surface area contributed by atoms with Crippen LogP contribution in [0.3, 0.4) is 0 Å². The Morgan fingerprint density at radius 3 is 2.64 bits per heavy atom. The first kappa shape index (κ1) is 9.38. The van der Waals surface area contributed by atoms with Crippen molar-refractivity contribution >= 4 is 5.69 Å². The molecule has 0 saturated heterocycles. The van der Waals surface area contributed by atoms with Crippen molar-refractivity contribution in [2.45, 2.75) is 38.7 Å². The quantitative estimate of drug-likeness (QED) is 0.745. The minimum atomic E-state index is 0.439. The molecule has 0 unspecified atom stereocenters. The van der Waals surface area contributed by atoms with Crippen LogP contribution in [-0.4, -0.2) is 6.10 Å². The van der Waals surface area contributed by atoms with Gasteiger partial charge in [-0.3, -0.25) is 0 Å². The molecule has 1 aliphatic rings. The lowest BCUT2D eigenvalue weighted by Crippen LogP contribution is -2.01. The van der Waals surface area contributed by atoms with Gasteiger partial charge in [-0.2, -0.15) is 0 Å². The number of benzene rings is 1. The molecule has 1 aromatic carbocycles. The van der Waals surface area contributed by atoms with Crippen LogP contribution in [0.25, 0.3) is 0 Å². The molecule has 1 fully saturated rings. The van der Waals surface area contributed by atoms with E-state index in [0.717, 1.165) is 11.4 Å². The van der Waals surface area contributed by atoms with E-state index in [4.69, 9.17) is 10.5 Å². The molecule has 0 spiro atoms. The van der Waals surface area contributed by atoms with Gasteiger partial charge in [-0.1, -0.05) is 19.9 Å². The van der Waals surface area contributed by atoms with E-state index in [1.54, 1.807) is 0 Å². The van der Waals surface area contributed by atoms with Crippen molar-refractivity contribution in [2.75, 3.05) is 5.73 Å². The third-order valence-electron chi connectivity index (χ3n) is 2.48. The van der Waals surface area contributed by atoms with E-state index in [1.165, 1.54) is 18.4 Å². The predicted molar refractivity (Wildman–Crippen MR) is 58.6 cm³/mol. The summed E-state index contributed by atoms with van der Waals surface area (Å²) in [7, 11) is 0. The highest BCUT2D eigenvalue weighted by molar-refractivity contribution is 5.49. The Kier molecular flexibility index (Phi) is 2.36. The molecule has 2 heteroatoms. The maximum Gasteiger partial charge on any atom is 0.125 e. The second-order valence-corrected chi connectivity index (χ2v) is 4.27. The highest BCUT2D eigenvalue weighted by atomic mass is 16.5. The van der Waals surface area contributed by atoms with E-state index < -0.39 is 0 Å². The van der Waals surface area contributed by atoms with Gasteiger partial charge in [-0.15, -0.1) is 0 Å². The van der Waals surface area contributed by atoms with Crippen LogP contribution in [0.1, 0.15) is 38.2 Å². The largest absolute Gasteiger partial charge is 0.490 e. The molecule has 0 radical (unpaired) electrons. The third-order valence-corrected chi connectivity index (χ3v) is 2.48. The molecule has 0 aromatic heterocycles. The average Bonchev–Trinajstić information content (AvgIpc) is 2.87. The smallest absolute Gasteiger partial charge is 0.125 e. The Balaban J connectivity index is 2.27. The molecule has 0 amide bonds. The molecule has 2 rings (SSSR count). The molecule has 14 heavy (non-hydrogen) atoms. The molecule has 0 atom stereocenters. The second kappa shape index (κ2) is 3.52. The Bertz CT molecular complexity index is 329. The summed E-state index contributed by atoms with van der Waals surface area (Å²) in [6.07, 6.45) is 2.81. The van der Waals surface area contributed by atoms with Crippen LogP contribution in [0, 0.1) is 0 Å². The van der Waals surface area contributed by atoms with Crippen molar-refractivity contribution < 1.29 is 4.74 Å². The van der Waals surface area contributed by atoms with Crippen molar-refractivity contribution in [3.05, 3.63) is 23.8 Å². The molecule has 1 aliphatic carbocycles. The van der Waals surface area contributed by atoms with Crippen molar-refractivity contribution in [2.24, 2.45) is 0 Å². The number of ether oxygens (including phenoxy) is 1. The number of rotatable bonds is 3. The van der Waals surface area contributed by atoms with Crippen LogP contribution in [0.2, 0.25) is 0 Å². The standard InChI is InChI=1S/C12H17NO/c1-8(2)11-6-3-9(13)7-12(11)14-10-4-5-10/h3,6-8,10H,4-5,13H2,1-2H3. The molecule has 0 aliphatic heterocycles. The number of hydrogen-bond donors (Lipinski definition) is 1. The molecule has 0 bridgehead atoms. The summed E-state index contributed by atoms with van der Waals surface area (Å²) < 4.78 is 5.82. The molecular weight excluding hydrogens is 174 g/mol. The lowest BCUT2D eigenvalue weighted by Gasteiger charge is -2.14. The third kappa shape index (κ3) is 2.00. The van der Waals surface area contributed by atoms with Gasteiger partial charge in [0, 0.05) is 11.8 Å². The van der Waals surface area contributed by atoms with E-state index in [0.29, 0.717) is 12.0 Å². The molecular formula is C12H17NO.